The van der Waals surface area contributed by atoms with E-state index in [1.54, 1.807) is 29.2 Å². The number of likely N-dealkylation sites (N-methyl/N-ethyl adjacent to an activating group) is 1. The number of likely N-dealkylation sites (tertiary alicyclic amines) is 1. The van der Waals surface area contributed by atoms with Gasteiger partial charge in [0.2, 0.25) is 5.91 Å². The van der Waals surface area contributed by atoms with E-state index in [0.717, 1.165) is 15.6 Å². The monoisotopic (exact) mass is 417 g/mol. The molecule has 3 rings (SSSR count). The van der Waals surface area contributed by atoms with Gasteiger partial charge in [0.1, 0.15) is 0 Å². The Bertz CT molecular complexity index is 806. The molecule has 0 bridgehead atoms. The molecule has 2 aromatic rings. The van der Waals surface area contributed by atoms with Gasteiger partial charge in [0.25, 0.3) is 0 Å². The highest BCUT2D eigenvalue weighted by atomic mass is 79.9. The van der Waals surface area contributed by atoms with Crippen molar-refractivity contribution in [1.29, 1.82) is 0 Å². The van der Waals surface area contributed by atoms with Crippen LogP contribution in [0.25, 0.3) is 0 Å². The first-order valence-corrected chi connectivity index (χ1v) is 9.20. The van der Waals surface area contributed by atoms with Crippen molar-refractivity contribution in [3.63, 3.8) is 0 Å². The van der Waals surface area contributed by atoms with Gasteiger partial charge in [-0.15, -0.1) is 0 Å². The van der Waals surface area contributed by atoms with E-state index in [0.29, 0.717) is 19.4 Å². The van der Waals surface area contributed by atoms with Crippen molar-refractivity contribution < 1.29 is 19.4 Å². The van der Waals surface area contributed by atoms with E-state index < -0.39 is 5.97 Å². The first-order chi connectivity index (χ1) is 12.5. The number of halogens is 1. The summed E-state index contributed by atoms with van der Waals surface area (Å²) in [7, 11) is 1.81. The number of amides is 1. The fraction of sp³-hybridized carbons (Fsp3) is 0.300. The van der Waals surface area contributed by atoms with Gasteiger partial charge >= 0.3 is 5.97 Å². The molecular weight excluding hydrogens is 398 g/mol. The third kappa shape index (κ3) is 4.14. The number of nitrogens with zero attached hydrogens (tertiary/aromatic N) is 1. The molecule has 1 aliphatic heterocycles. The highest BCUT2D eigenvalue weighted by molar-refractivity contribution is 9.10. The first kappa shape index (κ1) is 18.6. The van der Waals surface area contributed by atoms with Crippen LogP contribution in [-0.2, 0) is 16.1 Å². The topological polar surface area (TPSA) is 66.8 Å². The summed E-state index contributed by atoms with van der Waals surface area (Å²) in [5, 5.41) is 8.97. The fourth-order valence-corrected chi connectivity index (χ4v) is 3.67. The summed E-state index contributed by atoms with van der Waals surface area (Å²) in [4.78, 5) is 24.9. The summed E-state index contributed by atoms with van der Waals surface area (Å²) in [6.45, 7) is 0.372. The molecule has 1 aliphatic rings. The minimum absolute atomic E-state index is 0.112. The number of benzene rings is 2. The van der Waals surface area contributed by atoms with E-state index in [1.807, 2.05) is 31.3 Å². The zero-order valence-electron chi connectivity index (χ0n) is 14.4. The van der Waals surface area contributed by atoms with Crippen molar-refractivity contribution >= 4 is 27.8 Å². The molecule has 2 atom stereocenters. The van der Waals surface area contributed by atoms with E-state index in [1.165, 1.54) is 0 Å². The summed E-state index contributed by atoms with van der Waals surface area (Å²) < 4.78 is 7.10. The molecule has 2 aromatic carbocycles. The third-order valence-corrected chi connectivity index (χ3v) is 5.15. The number of carboxylic acid groups (broad SMARTS) is 1. The zero-order chi connectivity index (χ0) is 18.7. The van der Waals surface area contributed by atoms with Crippen molar-refractivity contribution in [2.24, 2.45) is 0 Å². The summed E-state index contributed by atoms with van der Waals surface area (Å²) in [5.74, 6) is -0.833. The van der Waals surface area contributed by atoms with E-state index >= 15 is 0 Å². The normalized spacial score (nSPS) is 20.2. The van der Waals surface area contributed by atoms with Crippen molar-refractivity contribution in [2.75, 3.05) is 7.05 Å². The van der Waals surface area contributed by atoms with Gasteiger partial charge in [0.15, 0.2) is 0 Å². The number of aromatic carboxylic acids is 1. The van der Waals surface area contributed by atoms with Crippen LogP contribution in [0.2, 0.25) is 0 Å². The molecule has 0 spiro atoms. The number of carboxylic acids is 1. The van der Waals surface area contributed by atoms with Crippen LogP contribution in [0.4, 0.5) is 0 Å². The van der Waals surface area contributed by atoms with Crippen molar-refractivity contribution in [3.8, 4) is 0 Å². The van der Waals surface area contributed by atoms with E-state index in [9.17, 15) is 9.59 Å². The average Bonchev–Trinajstić information content (AvgIpc) is 2.63. The molecule has 6 heteroatoms. The number of hydrogen-bond acceptors (Lipinski definition) is 3. The van der Waals surface area contributed by atoms with Gasteiger partial charge < -0.3 is 14.7 Å². The predicted molar refractivity (Wildman–Crippen MR) is 101 cm³/mol. The molecule has 136 valence electrons. The summed E-state index contributed by atoms with van der Waals surface area (Å²) in [6.07, 6.45) is 1.00. The maximum atomic E-state index is 12.2. The maximum absolute atomic E-state index is 12.2. The summed E-state index contributed by atoms with van der Waals surface area (Å²) in [5.41, 5.74) is 2.19. The Kier molecular flexibility index (Phi) is 5.74. The van der Waals surface area contributed by atoms with Gasteiger partial charge in [-0.3, -0.25) is 4.79 Å². The van der Waals surface area contributed by atoms with Crippen LogP contribution >= 0.6 is 15.9 Å². The van der Waals surface area contributed by atoms with Crippen LogP contribution in [-0.4, -0.2) is 35.0 Å². The average molecular weight is 418 g/mol. The number of piperidine rings is 1. The quantitative estimate of drug-likeness (QED) is 0.797. The third-order valence-electron chi connectivity index (χ3n) is 4.66. The largest absolute Gasteiger partial charge is 0.478 e. The second kappa shape index (κ2) is 8.01. The minimum atomic E-state index is -0.945. The Labute approximate surface area is 160 Å². The lowest BCUT2D eigenvalue weighted by molar-refractivity contribution is -0.143. The smallest absolute Gasteiger partial charge is 0.335 e. The van der Waals surface area contributed by atoms with Crippen LogP contribution in [0.3, 0.4) is 0 Å². The zero-order valence-corrected chi connectivity index (χ0v) is 16.0. The molecule has 1 saturated heterocycles. The van der Waals surface area contributed by atoms with Gasteiger partial charge in [-0.25, -0.2) is 4.79 Å². The van der Waals surface area contributed by atoms with Gasteiger partial charge in [0.05, 0.1) is 24.3 Å². The molecule has 1 heterocycles. The van der Waals surface area contributed by atoms with Gasteiger partial charge in [-0.05, 0) is 41.8 Å². The molecule has 1 N–H and O–H groups in total. The number of rotatable bonds is 5. The molecule has 26 heavy (non-hydrogen) atoms. The minimum Gasteiger partial charge on any atom is -0.478 e. The lowest BCUT2D eigenvalue weighted by Gasteiger charge is -2.39. The molecule has 0 aliphatic carbocycles. The van der Waals surface area contributed by atoms with Crippen molar-refractivity contribution in [2.45, 2.75) is 31.6 Å². The van der Waals surface area contributed by atoms with E-state index in [-0.39, 0.29) is 23.6 Å². The number of carbonyl (C=O) groups is 2. The van der Waals surface area contributed by atoms with Crippen molar-refractivity contribution in [1.82, 2.24) is 4.90 Å². The van der Waals surface area contributed by atoms with Crippen LogP contribution in [0.1, 0.15) is 40.4 Å². The molecule has 1 amide bonds. The number of hydrogen-bond donors (Lipinski definition) is 1. The fourth-order valence-electron chi connectivity index (χ4n) is 3.25. The SMILES string of the molecule is CN1C(=O)CC[C@H](OCc2ccc(C(=O)O)cc2)[C@H]1c1cccc(Br)c1. The molecule has 0 radical (unpaired) electrons. The molecule has 0 aromatic heterocycles. The Hall–Kier alpha value is -2.18. The summed E-state index contributed by atoms with van der Waals surface area (Å²) >= 11 is 3.49. The maximum Gasteiger partial charge on any atom is 0.335 e. The Morgan fingerprint density at radius 3 is 2.65 bits per heavy atom. The number of ether oxygens (including phenoxy) is 1. The molecule has 1 fully saturated rings. The Morgan fingerprint density at radius 2 is 2.00 bits per heavy atom. The van der Waals surface area contributed by atoms with E-state index in [2.05, 4.69) is 15.9 Å². The van der Waals surface area contributed by atoms with Gasteiger partial charge in [0, 0.05) is 17.9 Å². The van der Waals surface area contributed by atoms with Crippen LogP contribution in [0, 0.1) is 0 Å². The van der Waals surface area contributed by atoms with Crippen LogP contribution in [0.15, 0.2) is 53.0 Å². The van der Waals surface area contributed by atoms with Crippen LogP contribution < -0.4 is 0 Å². The Balaban J connectivity index is 1.75. The Morgan fingerprint density at radius 1 is 1.27 bits per heavy atom. The van der Waals surface area contributed by atoms with Crippen molar-refractivity contribution in [3.05, 3.63) is 69.7 Å². The number of carbonyl (C=O) groups excluding carboxylic acids is 1. The second-order valence-corrected chi connectivity index (χ2v) is 7.31. The molecule has 0 saturated carbocycles. The highest BCUT2D eigenvalue weighted by Crippen LogP contribution is 2.34. The molecule has 5 nitrogen and oxygen atoms in total. The molecular formula is C20H20BrNO4. The standard InChI is InChI=1S/C20H20BrNO4/c1-22-18(23)10-9-17(19(22)15-3-2-4-16(21)11-15)26-12-13-5-7-14(8-6-13)20(24)25/h2-8,11,17,19H,9-10,12H2,1H3,(H,24,25)/t17-,19+/m0/s1. The van der Waals surface area contributed by atoms with Crippen LogP contribution in [0.5, 0.6) is 0 Å². The van der Waals surface area contributed by atoms with Gasteiger partial charge in [-0.2, -0.15) is 0 Å². The van der Waals surface area contributed by atoms with E-state index in [4.69, 9.17) is 9.84 Å². The highest BCUT2D eigenvalue weighted by Gasteiger charge is 2.35. The second-order valence-electron chi connectivity index (χ2n) is 6.39. The summed E-state index contributed by atoms with van der Waals surface area (Å²) in [6, 6.07) is 14.4. The first-order valence-electron chi connectivity index (χ1n) is 8.40. The van der Waals surface area contributed by atoms with Gasteiger partial charge in [-0.1, -0.05) is 40.2 Å². The predicted octanol–water partition coefficient (Wildman–Crippen LogP) is 4.03. The lowest BCUT2D eigenvalue weighted by Crippen LogP contribution is -2.44. The lowest BCUT2D eigenvalue weighted by atomic mass is 9.92. The molecule has 0 unspecified atom stereocenters.